The molecule has 1 aromatic rings. The van der Waals surface area contributed by atoms with Crippen molar-refractivity contribution in [1.82, 2.24) is 0 Å². The predicted molar refractivity (Wildman–Crippen MR) is 42.4 cm³/mol. The molecule has 0 fully saturated rings. The van der Waals surface area contributed by atoms with Crippen LogP contribution in [0.3, 0.4) is 0 Å². The Balaban J connectivity index is 2.79. The Hall–Kier alpha value is -1.54. The normalized spacial score (nSPS) is 8.92. The van der Waals surface area contributed by atoms with Gasteiger partial charge in [0.25, 0.3) is 0 Å². The Morgan fingerprint density at radius 2 is 2.58 bits per heavy atom. The molecule has 0 radical (unpaired) electrons. The summed E-state index contributed by atoms with van der Waals surface area (Å²) in [5, 5.41) is 18.4. The standard InChI is InChI=1S/C7H5NO3S/c8-2-3-11-5-1-4-12-6(5)7(9)10/h1,4H,3H2,(H,9,10). The number of thiophene rings is 1. The van der Waals surface area contributed by atoms with E-state index in [2.05, 4.69) is 0 Å². The summed E-state index contributed by atoms with van der Waals surface area (Å²) in [5.41, 5.74) is 0. The molecule has 0 unspecified atom stereocenters. The van der Waals surface area contributed by atoms with E-state index in [-0.39, 0.29) is 17.2 Å². The van der Waals surface area contributed by atoms with Gasteiger partial charge in [0.05, 0.1) is 0 Å². The Morgan fingerprint density at radius 3 is 3.17 bits per heavy atom. The Morgan fingerprint density at radius 1 is 1.83 bits per heavy atom. The van der Waals surface area contributed by atoms with Crippen LogP contribution in [0.4, 0.5) is 0 Å². The highest BCUT2D eigenvalue weighted by Crippen LogP contribution is 2.24. The maximum absolute atomic E-state index is 10.5. The summed E-state index contributed by atoms with van der Waals surface area (Å²) in [4.78, 5) is 10.6. The molecule has 0 saturated heterocycles. The van der Waals surface area contributed by atoms with Crippen LogP contribution in [0.25, 0.3) is 0 Å². The molecule has 0 aliphatic heterocycles. The van der Waals surface area contributed by atoms with Gasteiger partial charge in [-0.2, -0.15) is 5.26 Å². The average molecular weight is 183 g/mol. The molecule has 0 atom stereocenters. The number of hydrogen-bond acceptors (Lipinski definition) is 4. The van der Waals surface area contributed by atoms with Gasteiger partial charge in [-0.3, -0.25) is 0 Å². The van der Waals surface area contributed by atoms with E-state index >= 15 is 0 Å². The predicted octanol–water partition coefficient (Wildman–Crippen LogP) is 1.35. The van der Waals surface area contributed by atoms with Crippen molar-refractivity contribution in [3.05, 3.63) is 16.3 Å². The number of carbonyl (C=O) groups is 1. The summed E-state index contributed by atoms with van der Waals surface area (Å²) in [6.45, 7) is -0.128. The van der Waals surface area contributed by atoms with Crippen LogP contribution in [0.1, 0.15) is 9.67 Å². The molecule has 0 saturated carbocycles. The van der Waals surface area contributed by atoms with E-state index in [1.807, 2.05) is 0 Å². The van der Waals surface area contributed by atoms with Crippen LogP contribution < -0.4 is 4.74 Å². The van der Waals surface area contributed by atoms with Gasteiger partial charge >= 0.3 is 5.97 Å². The van der Waals surface area contributed by atoms with Crippen molar-refractivity contribution in [1.29, 1.82) is 5.26 Å². The first kappa shape index (κ1) is 8.56. The molecule has 0 bridgehead atoms. The number of nitrogens with zero attached hydrogens (tertiary/aromatic N) is 1. The Kier molecular flexibility index (Phi) is 2.66. The zero-order valence-electron chi connectivity index (χ0n) is 5.98. The molecule has 0 aliphatic carbocycles. The second-order valence-corrected chi connectivity index (χ2v) is 2.78. The molecule has 62 valence electrons. The van der Waals surface area contributed by atoms with Crippen LogP contribution in [-0.2, 0) is 0 Å². The number of nitriles is 1. The Labute approximate surface area is 72.6 Å². The van der Waals surface area contributed by atoms with Gasteiger partial charge in [-0.15, -0.1) is 11.3 Å². The lowest BCUT2D eigenvalue weighted by Gasteiger charge is -1.97. The fourth-order valence-corrected chi connectivity index (χ4v) is 1.35. The number of carboxylic acid groups (broad SMARTS) is 1. The average Bonchev–Trinajstić information content (AvgIpc) is 2.48. The van der Waals surface area contributed by atoms with Crippen molar-refractivity contribution in [3.8, 4) is 11.8 Å². The van der Waals surface area contributed by atoms with Gasteiger partial charge in [-0.05, 0) is 11.4 Å². The number of rotatable bonds is 3. The lowest BCUT2D eigenvalue weighted by molar-refractivity contribution is 0.0698. The van der Waals surface area contributed by atoms with Crippen molar-refractivity contribution in [2.75, 3.05) is 6.61 Å². The van der Waals surface area contributed by atoms with Gasteiger partial charge < -0.3 is 9.84 Å². The lowest BCUT2D eigenvalue weighted by Crippen LogP contribution is -1.99. The summed E-state index contributed by atoms with van der Waals surface area (Å²) in [6.07, 6.45) is 0. The summed E-state index contributed by atoms with van der Waals surface area (Å²) in [7, 11) is 0. The van der Waals surface area contributed by atoms with Crippen LogP contribution in [0.5, 0.6) is 5.75 Å². The van der Waals surface area contributed by atoms with Crippen LogP contribution in [-0.4, -0.2) is 17.7 Å². The third-order valence-electron chi connectivity index (χ3n) is 1.12. The molecule has 0 amide bonds. The topological polar surface area (TPSA) is 70.3 Å². The van der Waals surface area contributed by atoms with Crippen molar-refractivity contribution in [2.24, 2.45) is 0 Å². The molecular weight excluding hydrogens is 178 g/mol. The van der Waals surface area contributed by atoms with E-state index in [1.165, 1.54) is 6.07 Å². The molecular formula is C7H5NO3S. The highest BCUT2D eigenvalue weighted by molar-refractivity contribution is 7.12. The molecule has 12 heavy (non-hydrogen) atoms. The largest absolute Gasteiger partial charge is 0.477 e. The molecule has 5 heteroatoms. The Bertz CT molecular complexity index is 326. The molecule has 1 heterocycles. The van der Waals surface area contributed by atoms with Gasteiger partial charge in [0.2, 0.25) is 0 Å². The minimum atomic E-state index is -1.03. The number of ether oxygens (including phenoxy) is 1. The molecule has 0 aromatic carbocycles. The van der Waals surface area contributed by atoms with E-state index in [4.69, 9.17) is 15.1 Å². The van der Waals surface area contributed by atoms with Crippen molar-refractivity contribution in [2.45, 2.75) is 0 Å². The number of carboxylic acids is 1. The van der Waals surface area contributed by atoms with Gasteiger partial charge in [0, 0.05) is 0 Å². The van der Waals surface area contributed by atoms with Crippen LogP contribution in [0, 0.1) is 11.3 Å². The third-order valence-corrected chi connectivity index (χ3v) is 2.00. The summed E-state index contributed by atoms with van der Waals surface area (Å²) in [5.74, 6) is -0.771. The first-order valence-corrected chi connectivity index (χ1v) is 3.94. The maximum atomic E-state index is 10.5. The fraction of sp³-hybridized carbons (Fsp3) is 0.143. The van der Waals surface area contributed by atoms with Crippen molar-refractivity contribution < 1.29 is 14.6 Å². The molecule has 1 rings (SSSR count). The van der Waals surface area contributed by atoms with Gasteiger partial charge in [-0.25, -0.2) is 4.79 Å². The number of aromatic carboxylic acids is 1. The van der Waals surface area contributed by atoms with Gasteiger partial charge in [0.15, 0.2) is 11.5 Å². The monoisotopic (exact) mass is 183 g/mol. The van der Waals surface area contributed by atoms with E-state index in [1.54, 1.807) is 11.4 Å². The van der Waals surface area contributed by atoms with E-state index < -0.39 is 5.97 Å². The highest BCUT2D eigenvalue weighted by atomic mass is 32.1. The van der Waals surface area contributed by atoms with Crippen molar-refractivity contribution in [3.63, 3.8) is 0 Å². The first-order valence-electron chi connectivity index (χ1n) is 3.06. The fourth-order valence-electron chi connectivity index (χ4n) is 0.677. The van der Waals surface area contributed by atoms with E-state index in [0.717, 1.165) is 11.3 Å². The zero-order chi connectivity index (χ0) is 8.97. The van der Waals surface area contributed by atoms with Gasteiger partial charge in [-0.1, -0.05) is 0 Å². The zero-order valence-corrected chi connectivity index (χ0v) is 6.80. The quantitative estimate of drug-likeness (QED) is 0.767. The molecule has 1 aromatic heterocycles. The maximum Gasteiger partial charge on any atom is 0.349 e. The van der Waals surface area contributed by atoms with Gasteiger partial charge in [0.1, 0.15) is 11.8 Å². The second kappa shape index (κ2) is 3.74. The highest BCUT2D eigenvalue weighted by Gasteiger charge is 2.11. The van der Waals surface area contributed by atoms with E-state index in [0.29, 0.717) is 0 Å². The first-order chi connectivity index (χ1) is 5.75. The molecule has 0 spiro atoms. The molecule has 0 aliphatic rings. The van der Waals surface area contributed by atoms with Crippen LogP contribution in [0.2, 0.25) is 0 Å². The van der Waals surface area contributed by atoms with E-state index in [9.17, 15) is 4.79 Å². The number of hydrogen-bond donors (Lipinski definition) is 1. The third kappa shape index (κ3) is 1.74. The minimum absolute atomic E-state index is 0.128. The summed E-state index contributed by atoms with van der Waals surface area (Å²) < 4.78 is 4.86. The minimum Gasteiger partial charge on any atom is -0.477 e. The molecule has 1 N–H and O–H groups in total. The lowest BCUT2D eigenvalue weighted by atomic mass is 10.4. The molecule has 4 nitrogen and oxygen atoms in total. The summed E-state index contributed by atoms with van der Waals surface area (Å²) in [6, 6.07) is 3.29. The second-order valence-electron chi connectivity index (χ2n) is 1.87. The van der Waals surface area contributed by atoms with Crippen LogP contribution in [0.15, 0.2) is 11.4 Å². The SMILES string of the molecule is N#CCOc1ccsc1C(=O)O. The summed E-state index contributed by atoms with van der Waals surface area (Å²) >= 11 is 1.07. The van der Waals surface area contributed by atoms with Crippen LogP contribution >= 0.6 is 11.3 Å². The van der Waals surface area contributed by atoms with Crippen molar-refractivity contribution >= 4 is 17.3 Å². The smallest absolute Gasteiger partial charge is 0.349 e.